The summed E-state index contributed by atoms with van der Waals surface area (Å²) in [5.41, 5.74) is 1.03. The molecule has 0 saturated carbocycles. The number of amides is 2. The van der Waals surface area contributed by atoms with E-state index in [2.05, 4.69) is 5.32 Å². The third-order valence-electron chi connectivity index (χ3n) is 4.12. The number of carboxylic acid groups (broad SMARTS) is 1. The molecule has 0 aromatic heterocycles. The molecule has 2 N–H and O–H groups in total. The Balaban J connectivity index is 1.53. The largest absolute Gasteiger partial charge is 0.484 e. The molecule has 2 aromatic carbocycles. The molecule has 0 radical (unpaired) electrons. The SMILES string of the molecule is O=C(COc1ccc(N2CC(C(=O)O)CC2=O)cc1)Nc1ccc(F)cc1. The van der Waals surface area contributed by atoms with E-state index in [1.807, 2.05) is 0 Å². The molecule has 1 atom stereocenters. The molecular formula is C19H17FN2O5. The first kappa shape index (κ1) is 18.4. The van der Waals surface area contributed by atoms with Crippen LogP contribution in [0.25, 0.3) is 0 Å². The molecule has 8 heteroatoms. The fraction of sp³-hybridized carbons (Fsp3) is 0.211. The van der Waals surface area contributed by atoms with Crippen molar-refractivity contribution in [3.05, 3.63) is 54.3 Å². The van der Waals surface area contributed by atoms with Crippen molar-refractivity contribution in [2.45, 2.75) is 6.42 Å². The van der Waals surface area contributed by atoms with E-state index in [-0.39, 0.29) is 25.5 Å². The summed E-state index contributed by atoms with van der Waals surface area (Å²) in [6.07, 6.45) is -0.0167. The van der Waals surface area contributed by atoms with Gasteiger partial charge < -0.3 is 20.1 Å². The molecule has 2 aromatic rings. The van der Waals surface area contributed by atoms with Gasteiger partial charge in [0.25, 0.3) is 5.91 Å². The second-order valence-electron chi connectivity index (χ2n) is 6.08. The van der Waals surface area contributed by atoms with Crippen LogP contribution >= 0.6 is 0 Å². The lowest BCUT2D eigenvalue weighted by Crippen LogP contribution is -2.25. The van der Waals surface area contributed by atoms with Crippen LogP contribution in [0.4, 0.5) is 15.8 Å². The number of nitrogens with zero attached hydrogens (tertiary/aromatic N) is 1. The number of hydrogen-bond acceptors (Lipinski definition) is 4. The number of nitrogens with one attached hydrogen (secondary N) is 1. The summed E-state index contributed by atoms with van der Waals surface area (Å²) in [5, 5.41) is 11.6. The molecule has 1 aliphatic heterocycles. The summed E-state index contributed by atoms with van der Waals surface area (Å²) in [6, 6.07) is 11.8. The van der Waals surface area contributed by atoms with Crippen molar-refractivity contribution >= 4 is 29.2 Å². The smallest absolute Gasteiger partial charge is 0.308 e. The van der Waals surface area contributed by atoms with E-state index in [9.17, 15) is 18.8 Å². The molecular weight excluding hydrogens is 355 g/mol. The molecule has 1 heterocycles. The fourth-order valence-corrected chi connectivity index (χ4v) is 2.72. The maximum absolute atomic E-state index is 12.8. The number of carboxylic acids is 1. The van der Waals surface area contributed by atoms with Crippen LogP contribution in [-0.2, 0) is 14.4 Å². The van der Waals surface area contributed by atoms with E-state index in [0.717, 1.165) is 0 Å². The Kier molecular flexibility index (Phi) is 5.35. The number of aliphatic carboxylic acids is 1. The Labute approximate surface area is 154 Å². The number of hydrogen-bond donors (Lipinski definition) is 2. The number of benzene rings is 2. The molecule has 3 rings (SSSR count). The molecule has 140 valence electrons. The first-order chi connectivity index (χ1) is 12.9. The summed E-state index contributed by atoms with van der Waals surface area (Å²) in [7, 11) is 0. The normalized spacial score (nSPS) is 16.3. The van der Waals surface area contributed by atoms with E-state index in [0.29, 0.717) is 17.1 Å². The van der Waals surface area contributed by atoms with E-state index < -0.39 is 23.6 Å². The van der Waals surface area contributed by atoms with Crippen molar-refractivity contribution in [2.24, 2.45) is 5.92 Å². The van der Waals surface area contributed by atoms with Gasteiger partial charge in [0.2, 0.25) is 5.91 Å². The minimum absolute atomic E-state index is 0.0167. The van der Waals surface area contributed by atoms with E-state index >= 15 is 0 Å². The standard InChI is InChI=1S/C19H17FN2O5/c20-13-1-3-14(4-2-13)21-17(23)11-27-16-7-5-15(6-8-16)22-10-12(19(25)26)9-18(22)24/h1-8,12H,9-11H2,(H,21,23)(H,25,26). The predicted molar refractivity (Wildman–Crippen MR) is 95.1 cm³/mol. The number of rotatable bonds is 6. The van der Waals surface area contributed by atoms with Gasteiger partial charge in [-0.2, -0.15) is 0 Å². The monoisotopic (exact) mass is 372 g/mol. The highest BCUT2D eigenvalue weighted by Gasteiger charge is 2.34. The number of halogens is 1. The highest BCUT2D eigenvalue weighted by atomic mass is 19.1. The zero-order chi connectivity index (χ0) is 19.4. The lowest BCUT2D eigenvalue weighted by Gasteiger charge is -2.16. The van der Waals surface area contributed by atoms with Gasteiger partial charge in [0, 0.05) is 24.3 Å². The second-order valence-corrected chi connectivity index (χ2v) is 6.08. The van der Waals surface area contributed by atoms with E-state index in [4.69, 9.17) is 9.84 Å². The molecule has 0 aliphatic carbocycles. The highest BCUT2D eigenvalue weighted by Crippen LogP contribution is 2.27. The van der Waals surface area contributed by atoms with E-state index in [1.54, 1.807) is 24.3 Å². The van der Waals surface area contributed by atoms with Crippen LogP contribution < -0.4 is 15.0 Å². The van der Waals surface area contributed by atoms with E-state index in [1.165, 1.54) is 29.2 Å². The molecule has 0 bridgehead atoms. The number of anilines is 2. The summed E-state index contributed by atoms with van der Waals surface area (Å²) < 4.78 is 18.2. The van der Waals surface area contributed by atoms with Crippen LogP contribution in [0.3, 0.4) is 0 Å². The fourth-order valence-electron chi connectivity index (χ4n) is 2.72. The third-order valence-corrected chi connectivity index (χ3v) is 4.12. The molecule has 2 amide bonds. The maximum Gasteiger partial charge on any atom is 0.308 e. The summed E-state index contributed by atoms with van der Waals surface area (Å²) in [5.74, 6) is -2.30. The van der Waals surface area contributed by atoms with Gasteiger partial charge in [-0.25, -0.2) is 4.39 Å². The average Bonchev–Trinajstić information content (AvgIpc) is 3.04. The van der Waals surface area contributed by atoms with Gasteiger partial charge in [-0.15, -0.1) is 0 Å². The van der Waals surface area contributed by atoms with Crippen LogP contribution in [0.1, 0.15) is 6.42 Å². The van der Waals surface area contributed by atoms with Gasteiger partial charge in [0.1, 0.15) is 11.6 Å². The molecule has 27 heavy (non-hydrogen) atoms. The van der Waals surface area contributed by atoms with Gasteiger partial charge in [-0.05, 0) is 48.5 Å². The molecule has 1 fully saturated rings. The quantitative estimate of drug-likeness (QED) is 0.811. The van der Waals surface area contributed by atoms with Crippen LogP contribution in [-0.4, -0.2) is 36.0 Å². The lowest BCUT2D eigenvalue weighted by atomic mass is 10.1. The van der Waals surface area contributed by atoms with Crippen molar-refractivity contribution in [1.29, 1.82) is 0 Å². The number of carbonyl (C=O) groups is 3. The zero-order valence-electron chi connectivity index (χ0n) is 14.2. The zero-order valence-corrected chi connectivity index (χ0v) is 14.2. The van der Waals surface area contributed by atoms with Crippen LogP contribution in [0.5, 0.6) is 5.75 Å². The Morgan fingerprint density at radius 2 is 1.81 bits per heavy atom. The molecule has 1 unspecified atom stereocenters. The number of carbonyl (C=O) groups excluding carboxylic acids is 2. The Morgan fingerprint density at radius 3 is 2.41 bits per heavy atom. The maximum atomic E-state index is 12.8. The van der Waals surface area contributed by atoms with Gasteiger partial charge >= 0.3 is 5.97 Å². The molecule has 7 nitrogen and oxygen atoms in total. The van der Waals surface area contributed by atoms with Crippen LogP contribution in [0.15, 0.2) is 48.5 Å². The average molecular weight is 372 g/mol. The number of ether oxygens (including phenoxy) is 1. The Morgan fingerprint density at radius 1 is 1.15 bits per heavy atom. The minimum atomic E-state index is -0.988. The van der Waals surface area contributed by atoms with Gasteiger partial charge in [0.05, 0.1) is 5.92 Å². The summed E-state index contributed by atoms with van der Waals surface area (Å²) in [6.45, 7) is -0.102. The molecule has 1 aliphatic rings. The summed E-state index contributed by atoms with van der Waals surface area (Å²) >= 11 is 0. The second kappa shape index (κ2) is 7.86. The van der Waals surface area contributed by atoms with Crippen molar-refractivity contribution < 1.29 is 28.6 Å². The minimum Gasteiger partial charge on any atom is -0.484 e. The first-order valence-corrected chi connectivity index (χ1v) is 8.24. The topological polar surface area (TPSA) is 95.9 Å². The van der Waals surface area contributed by atoms with Crippen molar-refractivity contribution in [3.63, 3.8) is 0 Å². The van der Waals surface area contributed by atoms with Gasteiger partial charge in [-0.1, -0.05) is 0 Å². The predicted octanol–water partition coefficient (Wildman–Crippen LogP) is 2.28. The van der Waals surface area contributed by atoms with Crippen molar-refractivity contribution in [3.8, 4) is 5.75 Å². The van der Waals surface area contributed by atoms with Crippen LogP contribution in [0, 0.1) is 11.7 Å². The van der Waals surface area contributed by atoms with Crippen molar-refractivity contribution in [1.82, 2.24) is 0 Å². The highest BCUT2D eigenvalue weighted by molar-refractivity contribution is 5.99. The van der Waals surface area contributed by atoms with Gasteiger partial charge in [0.15, 0.2) is 6.61 Å². The van der Waals surface area contributed by atoms with Gasteiger partial charge in [-0.3, -0.25) is 14.4 Å². The van der Waals surface area contributed by atoms with Crippen LogP contribution in [0.2, 0.25) is 0 Å². The molecule has 0 spiro atoms. The molecule has 1 saturated heterocycles. The first-order valence-electron chi connectivity index (χ1n) is 8.24. The Bertz CT molecular complexity index is 851. The Hall–Kier alpha value is -3.42. The third kappa shape index (κ3) is 4.60. The summed E-state index contributed by atoms with van der Waals surface area (Å²) in [4.78, 5) is 36.2. The lowest BCUT2D eigenvalue weighted by molar-refractivity contribution is -0.141. The van der Waals surface area contributed by atoms with Crippen molar-refractivity contribution in [2.75, 3.05) is 23.4 Å².